The summed E-state index contributed by atoms with van der Waals surface area (Å²) < 4.78 is 2.84. The van der Waals surface area contributed by atoms with Crippen LogP contribution in [-0.2, 0) is 11.3 Å². The van der Waals surface area contributed by atoms with Gasteiger partial charge in [-0.25, -0.2) is 0 Å². The molecule has 0 radical (unpaired) electrons. The van der Waals surface area contributed by atoms with Gasteiger partial charge in [-0.3, -0.25) is 9.69 Å². The van der Waals surface area contributed by atoms with E-state index in [0.717, 1.165) is 39.8 Å². The van der Waals surface area contributed by atoms with E-state index in [1.54, 1.807) is 4.90 Å². The van der Waals surface area contributed by atoms with E-state index in [2.05, 4.69) is 84.4 Å². The van der Waals surface area contributed by atoms with Crippen molar-refractivity contribution >= 4 is 67.6 Å². The molecule has 36 heavy (non-hydrogen) atoms. The molecule has 5 aromatic rings. The molecular formula is C31H24N2OS2. The fourth-order valence-corrected chi connectivity index (χ4v) is 6.28. The average Bonchev–Trinajstić information content (AvgIpc) is 3.36. The van der Waals surface area contributed by atoms with Gasteiger partial charge in [0.2, 0.25) is 0 Å². The second-order valence-electron chi connectivity index (χ2n) is 9.17. The van der Waals surface area contributed by atoms with Gasteiger partial charge < -0.3 is 4.57 Å². The summed E-state index contributed by atoms with van der Waals surface area (Å²) in [6, 6.07) is 29.4. The van der Waals surface area contributed by atoms with Crippen LogP contribution in [0.1, 0.15) is 22.3 Å². The van der Waals surface area contributed by atoms with Gasteiger partial charge >= 0.3 is 0 Å². The molecule has 0 unspecified atom stereocenters. The predicted octanol–water partition coefficient (Wildman–Crippen LogP) is 7.87. The zero-order valence-corrected chi connectivity index (χ0v) is 21.7. The van der Waals surface area contributed by atoms with Crippen LogP contribution in [0.15, 0.2) is 96.0 Å². The second-order valence-corrected chi connectivity index (χ2v) is 10.9. The molecule has 1 aliphatic heterocycles. The first-order valence-corrected chi connectivity index (χ1v) is 13.1. The summed E-state index contributed by atoms with van der Waals surface area (Å²) in [5.74, 6) is -0.0668. The Kier molecular flexibility index (Phi) is 5.75. The Morgan fingerprint density at radius 2 is 1.64 bits per heavy atom. The van der Waals surface area contributed by atoms with E-state index in [4.69, 9.17) is 12.2 Å². The molecule has 0 atom stereocenters. The molecule has 0 saturated carbocycles. The molecule has 1 saturated heterocycles. The molecule has 2 heterocycles. The van der Waals surface area contributed by atoms with Crippen LogP contribution in [0, 0.1) is 13.8 Å². The lowest BCUT2D eigenvalue weighted by atomic mass is 10.0. The molecule has 0 bridgehead atoms. The van der Waals surface area contributed by atoms with E-state index in [1.807, 2.05) is 31.2 Å². The van der Waals surface area contributed by atoms with E-state index in [1.165, 1.54) is 28.1 Å². The minimum atomic E-state index is -0.0668. The van der Waals surface area contributed by atoms with Crippen molar-refractivity contribution in [2.24, 2.45) is 0 Å². The van der Waals surface area contributed by atoms with Gasteiger partial charge in [-0.05, 0) is 54.0 Å². The van der Waals surface area contributed by atoms with Crippen molar-refractivity contribution in [1.29, 1.82) is 0 Å². The van der Waals surface area contributed by atoms with E-state index in [9.17, 15) is 4.79 Å². The van der Waals surface area contributed by atoms with E-state index in [-0.39, 0.29) is 5.91 Å². The second kappa shape index (κ2) is 9.08. The highest BCUT2D eigenvalue weighted by atomic mass is 32.2. The van der Waals surface area contributed by atoms with Crippen molar-refractivity contribution in [1.82, 2.24) is 4.57 Å². The Labute approximate surface area is 220 Å². The summed E-state index contributed by atoms with van der Waals surface area (Å²) in [6.07, 6.45) is 4.14. The quantitative estimate of drug-likeness (QED) is 0.184. The fourth-order valence-electron chi connectivity index (χ4n) is 5.01. The maximum atomic E-state index is 13.5. The summed E-state index contributed by atoms with van der Waals surface area (Å²) in [7, 11) is 0. The van der Waals surface area contributed by atoms with Crippen molar-refractivity contribution in [3.8, 4) is 0 Å². The third-order valence-corrected chi connectivity index (χ3v) is 8.02. The zero-order valence-electron chi connectivity index (χ0n) is 20.1. The van der Waals surface area contributed by atoms with Crippen LogP contribution in [0.2, 0.25) is 0 Å². The molecule has 0 N–H and O–H groups in total. The number of aryl methyl sites for hydroxylation is 2. The van der Waals surface area contributed by atoms with Crippen LogP contribution in [0.3, 0.4) is 0 Å². The van der Waals surface area contributed by atoms with Gasteiger partial charge in [0.25, 0.3) is 5.91 Å². The Balaban J connectivity index is 1.40. The number of nitrogens with zero attached hydrogens (tertiary/aromatic N) is 2. The third-order valence-electron chi connectivity index (χ3n) is 6.71. The molecule has 0 spiro atoms. The highest BCUT2D eigenvalue weighted by Gasteiger charge is 2.34. The Hall–Kier alpha value is -3.67. The molecule has 4 aromatic carbocycles. The first-order valence-electron chi connectivity index (χ1n) is 11.9. The lowest BCUT2D eigenvalue weighted by Crippen LogP contribution is -2.28. The van der Waals surface area contributed by atoms with Gasteiger partial charge in [0.05, 0.1) is 10.6 Å². The van der Waals surface area contributed by atoms with Gasteiger partial charge in [-0.1, -0.05) is 102 Å². The minimum absolute atomic E-state index is 0.0668. The summed E-state index contributed by atoms with van der Waals surface area (Å²) in [4.78, 5) is 15.8. The average molecular weight is 505 g/mol. The minimum Gasteiger partial charge on any atom is -0.342 e. The number of fused-ring (bicyclic) bond motifs is 2. The number of amides is 1. The van der Waals surface area contributed by atoms with Gasteiger partial charge in [0, 0.05) is 29.2 Å². The van der Waals surface area contributed by atoms with Crippen molar-refractivity contribution in [2.45, 2.75) is 20.4 Å². The number of aromatic nitrogens is 1. The van der Waals surface area contributed by atoms with Crippen molar-refractivity contribution < 1.29 is 4.79 Å². The molecule has 0 aliphatic carbocycles. The van der Waals surface area contributed by atoms with Crippen molar-refractivity contribution in [3.05, 3.63) is 118 Å². The Morgan fingerprint density at radius 1 is 0.889 bits per heavy atom. The van der Waals surface area contributed by atoms with E-state index in [0.29, 0.717) is 9.23 Å². The largest absolute Gasteiger partial charge is 0.342 e. The predicted molar refractivity (Wildman–Crippen MR) is 157 cm³/mol. The first kappa shape index (κ1) is 22.8. The molecule has 1 amide bonds. The van der Waals surface area contributed by atoms with Crippen molar-refractivity contribution in [3.63, 3.8) is 0 Å². The van der Waals surface area contributed by atoms with E-state index < -0.39 is 0 Å². The highest BCUT2D eigenvalue weighted by molar-refractivity contribution is 8.27. The van der Waals surface area contributed by atoms with Gasteiger partial charge in [0.1, 0.15) is 0 Å². The van der Waals surface area contributed by atoms with Crippen LogP contribution in [-0.4, -0.2) is 14.8 Å². The molecule has 176 valence electrons. The Bertz CT molecular complexity index is 1710. The maximum absolute atomic E-state index is 13.5. The van der Waals surface area contributed by atoms with Crippen LogP contribution < -0.4 is 4.90 Å². The standard InChI is InChI=1S/C31H24N2OS2/c1-20-14-15-27(21(2)16-20)33-30(34)29(36-31(33)35)17-24-19-32(28-13-6-5-12-26(24)28)18-23-10-7-9-22-8-3-4-11-25(22)23/h3-17,19H,18H2,1-2H3/b29-17+. The van der Waals surface area contributed by atoms with Crippen LogP contribution >= 0.6 is 24.0 Å². The van der Waals surface area contributed by atoms with Crippen LogP contribution in [0.25, 0.3) is 27.8 Å². The number of carbonyl (C=O) groups is 1. The van der Waals surface area contributed by atoms with Gasteiger partial charge in [0.15, 0.2) is 4.32 Å². The lowest BCUT2D eigenvalue weighted by molar-refractivity contribution is -0.113. The first-order chi connectivity index (χ1) is 17.5. The number of thiocarbonyl (C=S) groups is 1. The summed E-state index contributed by atoms with van der Waals surface area (Å²) >= 11 is 7.01. The number of anilines is 1. The third kappa shape index (κ3) is 3.94. The van der Waals surface area contributed by atoms with Crippen LogP contribution in [0.5, 0.6) is 0 Å². The van der Waals surface area contributed by atoms with Gasteiger partial charge in [-0.2, -0.15) is 0 Å². The Morgan fingerprint density at radius 3 is 2.47 bits per heavy atom. The summed E-state index contributed by atoms with van der Waals surface area (Å²) in [5, 5.41) is 3.62. The highest BCUT2D eigenvalue weighted by Crippen LogP contribution is 2.38. The number of rotatable bonds is 4. The summed E-state index contributed by atoms with van der Waals surface area (Å²) in [6.45, 7) is 4.82. The van der Waals surface area contributed by atoms with E-state index >= 15 is 0 Å². The SMILES string of the molecule is Cc1ccc(N2C(=O)/C(=C\c3cn(Cc4cccc5ccccc45)c4ccccc34)SC2=S)c(C)c1. The summed E-state index contributed by atoms with van der Waals surface area (Å²) in [5.41, 5.74) is 6.48. The fraction of sp³-hybridized carbons (Fsp3) is 0.0968. The molecule has 5 heteroatoms. The molecule has 3 nitrogen and oxygen atoms in total. The smallest absolute Gasteiger partial charge is 0.270 e. The number of carbonyl (C=O) groups excluding carboxylic acids is 1. The lowest BCUT2D eigenvalue weighted by Gasteiger charge is -2.17. The monoisotopic (exact) mass is 504 g/mol. The zero-order chi connectivity index (χ0) is 24.8. The number of para-hydroxylation sites is 1. The number of hydrogen-bond acceptors (Lipinski definition) is 3. The van der Waals surface area contributed by atoms with Crippen molar-refractivity contribution in [2.75, 3.05) is 4.90 Å². The number of benzene rings is 4. The molecule has 1 aromatic heterocycles. The molecular weight excluding hydrogens is 480 g/mol. The van der Waals surface area contributed by atoms with Gasteiger partial charge in [-0.15, -0.1) is 0 Å². The van der Waals surface area contributed by atoms with Crippen LogP contribution in [0.4, 0.5) is 5.69 Å². The number of thioether (sulfide) groups is 1. The molecule has 1 aliphatic rings. The molecule has 1 fully saturated rings. The normalized spacial score (nSPS) is 15.1. The maximum Gasteiger partial charge on any atom is 0.270 e. The topological polar surface area (TPSA) is 25.2 Å². The number of hydrogen-bond donors (Lipinski definition) is 0. The molecule has 6 rings (SSSR count).